The fraction of sp³-hybridized carbons (Fsp3) is 0.320. The third-order valence-electron chi connectivity index (χ3n) is 4.77. The Morgan fingerprint density at radius 3 is 2.47 bits per heavy atom. The van der Waals surface area contributed by atoms with E-state index in [0.717, 1.165) is 6.42 Å². The Hall–Kier alpha value is -3.20. The van der Waals surface area contributed by atoms with Gasteiger partial charge in [0.15, 0.2) is 0 Å². The third kappa shape index (κ3) is 5.83. The molecule has 0 aliphatic carbocycles. The van der Waals surface area contributed by atoms with E-state index in [9.17, 15) is 9.59 Å². The van der Waals surface area contributed by atoms with Gasteiger partial charge in [0, 0.05) is 5.56 Å². The summed E-state index contributed by atoms with van der Waals surface area (Å²) < 4.78 is 28.2. The van der Waals surface area contributed by atoms with E-state index in [1.165, 1.54) is 10.6 Å². The lowest BCUT2D eigenvalue weighted by molar-refractivity contribution is 0.00703. The number of nitrogens with zero attached hydrogens (tertiary/aromatic N) is 2. The van der Waals surface area contributed by atoms with Gasteiger partial charge in [-0.1, -0.05) is 37.3 Å². The molecule has 9 heteroatoms. The first-order chi connectivity index (χ1) is 16.0. The summed E-state index contributed by atoms with van der Waals surface area (Å²) in [6, 6.07) is 11.6. The van der Waals surface area contributed by atoms with Crippen molar-refractivity contribution < 1.29 is 23.5 Å². The molecule has 2 aromatic carbocycles. The van der Waals surface area contributed by atoms with Gasteiger partial charge in [-0.15, -0.1) is 0 Å². The minimum atomic E-state index is -0.686. The number of hydrogen-bond acceptors (Lipinski definition) is 5. The second kappa shape index (κ2) is 10.4. The maximum absolute atomic E-state index is 15.3. The number of primary amides is 1. The molecule has 180 valence electrons. The highest BCUT2D eigenvalue weighted by molar-refractivity contribution is 9.10. The number of nitrogens with two attached hydrogens (primary N) is 1. The zero-order chi connectivity index (χ0) is 25.0. The molecule has 0 aliphatic heterocycles. The van der Waals surface area contributed by atoms with Crippen LogP contribution in [0.1, 0.15) is 60.5 Å². The second-order valence-electron chi connectivity index (χ2n) is 8.69. The molecule has 1 aromatic heterocycles. The molecule has 0 fully saturated rings. The molecular formula is C25H27BrFN3O4. The van der Waals surface area contributed by atoms with Gasteiger partial charge in [0.25, 0.3) is 11.9 Å². The lowest BCUT2D eigenvalue weighted by Gasteiger charge is -2.20. The molecule has 0 atom stereocenters. The average molecular weight is 532 g/mol. The van der Waals surface area contributed by atoms with Gasteiger partial charge in [0.1, 0.15) is 21.7 Å². The van der Waals surface area contributed by atoms with Gasteiger partial charge in [-0.25, -0.2) is 9.18 Å². The fourth-order valence-electron chi connectivity index (χ4n) is 3.38. The van der Waals surface area contributed by atoms with Crippen molar-refractivity contribution in [3.8, 4) is 17.1 Å². The first kappa shape index (κ1) is 25.4. The summed E-state index contributed by atoms with van der Waals surface area (Å²) in [5.41, 5.74) is 6.50. The van der Waals surface area contributed by atoms with E-state index in [4.69, 9.17) is 15.2 Å². The lowest BCUT2D eigenvalue weighted by Crippen LogP contribution is -2.24. The van der Waals surface area contributed by atoms with E-state index in [-0.39, 0.29) is 34.0 Å². The van der Waals surface area contributed by atoms with E-state index in [1.807, 2.05) is 6.92 Å². The zero-order valence-electron chi connectivity index (χ0n) is 19.5. The van der Waals surface area contributed by atoms with E-state index in [0.29, 0.717) is 17.7 Å². The minimum absolute atomic E-state index is 0.112. The Bertz CT molecular complexity index is 1220. The first-order valence-electron chi connectivity index (χ1n) is 10.8. The Morgan fingerprint density at radius 1 is 1.15 bits per heavy atom. The SMILES string of the molecule is CCCOc1nc(Br)c(C(N)=O)n1Cc1ccc(-c2ccccc2C(=O)OC(C)(C)C)c(F)c1. The van der Waals surface area contributed by atoms with Crippen LogP contribution in [0.5, 0.6) is 6.01 Å². The van der Waals surface area contributed by atoms with E-state index in [2.05, 4.69) is 20.9 Å². The number of halogens is 2. The van der Waals surface area contributed by atoms with E-state index < -0.39 is 23.3 Å². The quantitative estimate of drug-likeness (QED) is 0.395. The highest BCUT2D eigenvalue weighted by atomic mass is 79.9. The second-order valence-corrected chi connectivity index (χ2v) is 9.45. The van der Waals surface area contributed by atoms with Crippen LogP contribution < -0.4 is 10.5 Å². The van der Waals surface area contributed by atoms with Crippen molar-refractivity contribution in [2.45, 2.75) is 46.3 Å². The number of esters is 1. The average Bonchev–Trinajstić information content (AvgIpc) is 3.06. The normalized spacial score (nSPS) is 11.4. The Kier molecular flexibility index (Phi) is 7.76. The number of hydrogen-bond donors (Lipinski definition) is 1. The topological polar surface area (TPSA) is 96.4 Å². The molecule has 0 aliphatic rings. The Balaban J connectivity index is 1.97. The molecule has 7 nitrogen and oxygen atoms in total. The smallest absolute Gasteiger partial charge is 0.339 e. The summed E-state index contributed by atoms with van der Waals surface area (Å²) in [4.78, 5) is 28.9. The lowest BCUT2D eigenvalue weighted by atomic mass is 9.98. The van der Waals surface area contributed by atoms with Gasteiger partial charge in [-0.05, 0) is 66.4 Å². The Morgan fingerprint density at radius 2 is 1.85 bits per heavy atom. The summed E-state index contributed by atoms with van der Waals surface area (Å²) in [5, 5.41) is 0. The molecule has 34 heavy (non-hydrogen) atoms. The number of benzene rings is 2. The zero-order valence-corrected chi connectivity index (χ0v) is 21.1. The molecule has 0 spiro atoms. The summed E-state index contributed by atoms with van der Waals surface area (Å²) in [6.07, 6.45) is 0.747. The van der Waals surface area contributed by atoms with Crippen molar-refractivity contribution >= 4 is 27.8 Å². The van der Waals surface area contributed by atoms with Crippen LogP contribution in [0.2, 0.25) is 0 Å². The maximum Gasteiger partial charge on any atom is 0.339 e. The van der Waals surface area contributed by atoms with Crippen LogP contribution in [0.4, 0.5) is 4.39 Å². The van der Waals surface area contributed by atoms with E-state index >= 15 is 4.39 Å². The Labute approximate surface area is 206 Å². The van der Waals surface area contributed by atoms with Gasteiger partial charge >= 0.3 is 5.97 Å². The standard InChI is InChI=1S/C25H27BrFN3O4/c1-5-12-33-24-29-21(26)20(22(28)31)30(24)14-15-10-11-17(19(27)13-15)16-8-6-7-9-18(16)23(32)34-25(2,3)4/h6-11,13H,5,12,14H2,1-4H3,(H2,28,31). The van der Waals surface area contributed by atoms with Gasteiger partial charge < -0.3 is 15.2 Å². The van der Waals surface area contributed by atoms with Crippen LogP contribution >= 0.6 is 15.9 Å². The predicted octanol–water partition coefficient (Wildman–Crippen LogP) is 5.34. The molecule has 0 saturated heterocycles. The highest BCUT2D eigenvalue weighted by Crippen LogP contribution is 2.30. The van der Waals surface area contributed by atoms with Crippen LogP contribution in [0.15, 0.2) is 47.1 Å². The van der Waals surface area contributed by atoms with Gasteiger partial charge in [0.2, 0.25) is 0 Å². The monoisotopic (exact) mass is 531 g/mol. The number of rotatable bonds is 8. The molecular weight excluding hydrogens is 505 g/mol. The number of ether oxygens (including phenoxy) is 2. The maximum atomic E-state index is 15.3. The van der Waals surface area contributed by atoms with Crippen LogP contribution in [-0.4, -0.2) is 33.6 Å². The van der Waals surface area contributed by atoms with Gasteiger partial charge in [-0.2, -0.15) is 4.98 Å². The number of carbonyl (C=O) groups is 2. The molecule has 0 bridgehead atoms. The van der Waals surface area contributed by atoms with Crippen molar-refractivity contribution in [2.24, 2.45) is 5.73 Å². The van der Waals surface area contributed by atoms with Crippen LogP contribution in [0, 0.1) is 5.82 Å². The van der Waals surface area contributed by atoms with Crippen molar-refractivity contribution in [3.63, 3.8) is 0 Å². The van der Waals surface area contributed by atoms with Gasteiger partial charge in [-0.3, -0.25) is 9.36 Å². The fourth-order valence-corrected chi connectivity index (χ4v) is 3.94. The summed E-state index contributed by atoms with van der Waals surface area (Å²) in [6.45, 7) is 7.78. The molecule has 3 aromatic rings. The summed E-state index contributed by atoms with van der Waals surface area (Å²) >= 11 is 3.24. The molecule has 0 radical (unpaired) electrons. The number of amides is 1. The summed E-state index contributed by atoms with van der Waals surface area (Å²) in [5.74, 6) is -1.74. The molecule has 0 saturated carbocycles. The third-order valence-corrected chi connectivity index (χ3v) is 5.32. The minimum Gasteiger partial charge on any atom is -0.465 e. The van der Waals surface area contributed by atoms with Crippen molar-refractivity contribution in [2.75, 3.05) is 6.61 Å². The van der Waals surface area contributed by atoms with Crippen LogP contribution in [-0.2, 0) is 11.3 Å². The van der Waals surface area contributed by atoms with Crippen molar-refractivity contribution in [3.05, 3.63) is 69.7 Å². The molecule has 3 rings (SSSR count). The van der Waals surface area contributed by atoms with Crippen LogP contribution in [0.25, 0.3) is 11.1 Å². The number of imidazole rings is 1. The highest BCUT2D eigenvalue weighted by Gasteiger charge is 2.23. The summed E-state index contributed by atoms with van der Waals surface area (Å²) in [7, 11) is 0. The van der Waals surface area contributed by atoms with Crippen molar-refractivity contribution in [1.29, 1.82) is 0 Å². The number of aromatic nitrogens is 2. The largest absolute Gasteiger partial charge is 0.465 e. The van der Waals surface area contributed by atoms with E-state index in [1.54, 1.807) is 57.2 Å². The molecule has 2 N–H and O–H groups in total. The van der Waals surface area contributed by atoms with Crippen LogP contribution in [0.3, 0.4) is 0 Å². The molecule has 1 amide bonds. The van der Waals surface area contributed by atoms with Crippen molar-refractivity contribution in [1.82, 2.24) is 9.55 Å². The van der Waals surface area contributed by atoms with Gasteiger partial charge in [0.05, 0.1) is 18.7 Å². The number of carbonyl (C=O) groups excluding carboxylic acids is 2. The first-order valence-corrected chi connectivity index (χ1v) is 11.6. The molecule has 1 heterocycles. The molecule has 0 unspecified atom stereocenters. The predicted molar refractivity (Wildman–Crippen MR) is 130 cm³/mol.